The highest BCUT2D eigenvalue weighted by atomic mass is 79.9. The van der Waals surface area contributed by atoms with E-state index in [0.29, 0.717) is 6.54 Å². The van der Waals surface area contributed by atoms with Crippen LogP contribution in [0.3, 0.4) is 0 Å². The van der Waals surface area contributed by atoms with Gasteiger partial charge in [0.15, 0.2) is 6.04 Å². The first kappa shape index (κ1) is 21.1. The van der Waals surface area contributed by atoms with Crippen LogP contribution in [-0.2, 0) is 6.42 Å². The van der Waals surface area contributed by atoms with Gasteiger partial charge in [0.1, 0.15) is 11.4 Å². The smallest absolute Gasteiger partial charge is 0.363 e. The summed E-state index contributed by atoms with van der Waals surface area (Å²) in [7, 11) is 0. The molecule has 0 radical (unpaired) electrons. The fraction of sp³-hybridized carbons (Fsp3) is 0.304. The van der Waals surface area contributed by atoms with Crippen LogP contribution in [0.1, 0.15) is 46.4 Å². The number of amides is 1. The van der Waals surface area contributed by atoms with Gasteiger partial charge in [0.05, 0.1) is 12.2 Å². The molecule has 5 rings (SSSR count). The largest absolute Gasteiger partial charge is 0.410 e. The Balaban J connectivity index is 1.54. The summed E-state index contributed by atoms with van der Waals surface area (Å²) in [5.74, 6) is -0.233. The van der Waals surface area contributed by atoms with Crippen LogP contribution in [0.5, 0.6) is 0 Å². The number of benzene rings is 2. The number of fused-ring (bicyclic) bond motifs is 2. The number of hydrogen-bond donors (Lipinski definition) is 1. The molecule has 0 bridgehead atoms. The predicted molar refractivity (Wildman–Crippen MR) is 119 cm³/mol. The number of aromatic nitrogens is 2. The van der Waals surface area contributed by atoms with E-state index in [2.05, 4.69) is 26.3 Å². The Bertz CT molecular complexity index is 1160. The van der Waals surface area contributed by atoms with Crippen molar-refractivity contribution in [3.8, 4) is 0 Å². The quantitative estimate of drug-likeness (QED) is 0.472. The van der Waals surface area contributed by atoms with Gasteiger partial charge >= 0.3 is 6.18 Å². The van der Waals surface area contributed by atoms with Crippen LogP contribution in [0, 0.1) is 0 Å². The lowest BCUT2D eigenvalue weighted by molar-refractivity contribution is -0.173. The van der Waals surface area contributed by atoms with Gasteiger partial charge in [-0.2, -0.15) is 18.3 Å². The van der Waals surface area contributed by atoms with Crippen LogP contribution in [-0.4, -0.2) is 28.4 Å². The molecular weight excluding hydrogens is 485 g/mol. The SMILES string of the molecule is O=C(c1cnn2c1NC(c1ccc(Br)cc1)CC2C(F)(F)F)N1CCCc2ccccc21. The minimum Gasteiger partial charge on any atom is -0.363 e. The summed E-state index contributed by atoms with van der Waals surface area (Å²) in [6.07, 6.45) is -1.78. The van der Waals surface area contributed by atoms with Crippen molar-refractivity contribution in [2.24, 2.45) is 0 Å². The van der Waals surface area contributed by atoms with E-state index in [0.717, 1.165) is 38.8 Å². The first-order valence-electron chi connectivity index (χ1n) is 10.4. The summed E-state index contributed by atoms with van der Waals surface area (Å²) < 4.78 is 43.6. The number of carbonyl (C=O) groups excluding carboxylic acids is 1. The Kier molecular flexibility index (Phi) is 5.23. The molecule has 2 aliphatic heterocycles. The Morgan fingerprint density at radius 3 is 2.62 bits per heavy atom. The molecule has 166 valence electrons. The van der Waals surface area contributed by atoms with Crippen molar-refractivity contribution in [1.82, 2.24) is 9.78 Å². The highest BCUT2D eigenvalue weighted by Gasteiger charge is 2.47. The van der Waals surface area contributed by atoms with Crippen molar-refractivity contribution in [2.45, 2.75) is 37.5 Å². The monoisotopic (exact) mass is 504 g/mol. The van der Waals surface area contributed by atoms with Crippen LogP contribution in [0.2, 0.25) is 0 Å². The van der Waals surface area contributed by atoms with Crippen LogP contribution in [0.25, 0.3) is 0 Å². The number of anilines is 2. The molecule has 5 nitrogen and oxygen atoms in total. The number of nitrogens with zero attached hydrogens (tertiary/aromatic N) is 3. The third kappa shape index (κ3) is 3.68. The molecule has 3 heterocycles. The number of carbonyl (C=O) groups is 1. The molecule has 0 spiro atoms. The van der Waals surface area contributed by atoms with E-state index >= 15 is 0 Å². The number of alkyl halides is 3. The minimum atomic E-state index is -4.49. The Hall–Kier alpha value is -2.81. The zero-order valence-electron chi connectivity index (χ0n) is 16.9. The van der Waals surface area contributed by atoms with Crippen molar-refractivity contribution in [2.75, 3.05) is 16.8 Å². The summed E-state index contributed by atoms with van der Waals surface area (Å²) >= 11 is 3.36. The molecule has 1 N–H and O–H groups in total. The van der Waals surface area contributed by atoms with Crippen LogP contribution in [0.4, 0.5) is 24.7 Å². The maximum absolute atomic E-state index is 13.9. The summed E-state index contributed by atoms with van der Waals surface area (Å²) in [5.41, 5.74) is 2.73. The van der Waals surface area contributed by atoms with Gasteiger partial charge in [-0.25, -0.2) is 4.68 Å². The van der Waals surface area contributed by atoms with Gasteiger partial charge in [0.25, 0.3) is 5.91 Å². The second-order valence-corrected chi connectivity index (χ2v) is 9.00. The fourth-order valence-electron chi connectivity index (χ4n) is 4.52. The van der Waals surface area contributed by atoms with Gasteiger partial charge in [-0.15, -0.1) is 0 Å². The van der Waals surface area contributed by atoms with E-state index < -0.39 is 18.3 Å². The van der Waals surface area contributed by atoms with Crippen molar-refractivity contribution < 1.29 is 18.0 Å². The second kappa shape index (κ2) is 7.95. The molecule has 1 amide bonds. The molecule has 9 heteroatoms. The third-order valence-electron chi connectivity index (χ3n) is 6.10. The summed E-state index contributed by atoms with van der Waals surface area (Å²) in [5, 5.41) is 7.16. The van der Waals surface area contributed by atoms with Crippen LogP contribution < -0.4 is 10.2 Å². The van der Waals surface area contributed by atoms with E-state index in [1.807, 2.05) is 24.3 Å². The first-order valence-corrected chi connectivity index (χ1v) is 11.2. The molecule has 2 unspecified atom stereocenters. The Morgan fingerprint density at radius 1 is 1.12 bits per heavy atom. The van der Waals surface area contributed by atoms with Crippen molar-refractivity contribution in [3.05, 3.63) is 75.9 Å². The number of para-hydroxylation sites is 1. The summed E-state index contributed by atoms with van der Waals surface area (Å²) in [6, 6.07) is 12.4. The lowest BCUT2D eigenvalue weighted by Gasteiger charge is -2.35. The number of nitrogens with one attached hydrogen (secondary N) is 1. The minimum absolute atomic E-state index is 0.111. The van der Waals surface area contributed by atoms with Crippen LogP contribution in [0.15, 0.2) is 59.2 Å². The number of hydrogen-bond acceptors (Lipinski definition) is 3. The maximum atomic E-state index is 13.9. The lowest BCUT2D eigenvalue weighted by atomic mass is 9.96. The average molecular weight is 505 g/mol. The number of aryl methyl sites for hydroxylation is 1. The van der Waals surface area contributed by atoms with E-state index in [4.69, 9.17) is 0 Å². The fourth-order valence-corrected chi connectivity index (χ4v) is 4.79. The normalized spacial score (nSPS) is 20.3. The highest BCUT2D eigenvalue weighted by Crippen LogP contribution is 2.45. The molecule has 3 aromatic rings. The molecule has 0 saturated heterocycles. The van der Waals surface area contributed by atoms with Crippen molar-refractivity contribution in [3.63, 3.8) is 0 Å². The highest BCUT2D eigenvalue weighted by molar-refractivity contribution is 9.10. The van der Waals surface area contributed by atoms with E-state index in [1.165, 1.54) is 6.20 Å². The Morgan fingerprint density at radius 2 is 1.88 bits per heavy atom. The van der Waals surface area contributed by atoms with Gasteiger partial charge < -0.3 is 10.2 Å². The first-order chi connectivity index (χ1) is 15.3. The standard InChI is InChI=1S/C23H20BrF3N4O/c24-16-9-7-14(8-10-16)18-12-20(23(25,26)27)31-21(29-18)17(13-28-31)22(32)30-11-3-5-15-4-1-2-6-19(15)30/h1-2,4,6-10,13,18,20,29H,3,5,11-12H2. The molecule has 2 aliphatic rings. The van der Waals surface area contributed by atoms with Gasteiger partial charge in [-0.05, 0) is 42.2 Å². The molecule has 0 fully saturated rings. The lowest BCUT2D eigenvalue weighted by Crippen LogP contribution is -2.38. The van der Waals surface area contributed by atoms with E-state index in [1.54, 1.807) is 29.2 Å². The summed E-state index contributed by atoms with van der Waals surface area (Å²) in [4.78, 5) is 15.1. The molecular formula is C23H20BrF3N4O. The van der Waals surface area contributed by atoms with Gasteiger partial charge in [0.2, 0.25) is 0 Å². The Labute approximate surface area is 191 Å². The zero-order chi connectivity index (χ0) is 22.5. The zero-order valence-corrected chi connectivity index (χ0v) is 18.5. The van der Waals surface area contributed by atoms with Crippen molar-refractivity contribution in [1.29, 1.82) is 0 Å². The van der Waals surface area contributed by atoms with Gasteiger partial charge in [0, 0.05) is 23.1 Å². The second-order valence-electron chi connectivity index (χ2n) is 8.08. The molecule has 2 aromatic carbocycles. The molecule has 32 heavy (non-hydrogen) atoms. The molecule has 1 aromatic heterocycles. The topological polar surface area (TPSA) is 50.2 Å². The van der Waals surface area contributed by atoms with E-state index in [9.17, 15) is 18.0 Å². The van der Waals surface area contributed by atoms with Gasteiger partial charge in [-0.3, -0.25) is 4.79 Å². The molecule has 0 aliphatic carbocycles. The average Bonchev–Trinajstić information content (AvgIpc) is 3.21. The molecule has 0 saturated carbocycles. The third-order valence-corrected chi connectivity index (χ3v) is 6.63. The van der Waals surface area contributed by atoms with E-state index in [-0.39, 0.29) is 23.7 Å². The summed E-state index contributed by atoms with van der Waals surface area (Å²) in [6.45, 7) is 0.513. The maximum Gasteiger partial charge on any atom is 0.410 e. The number of halogens is 4. The van der Waals surface area contributed by atoms with Crippen molar-refractivity contribution >= 4 is 33.3 Å². The van der Waals surface area contributed by atoms with Gasteiger partial charge in [-0.1, -0.05) is 46.3 Å². The van der Waals surface area contributed by atoms with Crippen LogP contribution >= 0.6 is 15.9 Å². The number of rotatable bonds is 2. The molecule has 2 atom stereocenters. The predicted octanol–water partition coefficient (Wildman–Crippen LogP) is 5.90.